The smallest absolute Gasteiger partial charge is 0.137 e. The van der Waals surface area contributed by atoms with Crippen LogP contribution in [0.25, 0.3) is 11.4 Å². The van der Waals surface area contributed by atoms with Gasteiger partial charge in [0.15, 0.2) is 0 Å². The monoisotopic (exact) mass is 337 g/mol. The van der Waals surface area contributed by atoms with Gasteiger partial charge in [-0.25, -0.2) is 4.98 Å². The summed E-state index contributed by atoms with van der Waals surface area (Å²) < 4.78 is 7.29. The summed E-state index contributed by atoms with van der Waals surface area (Å²) in [5.74, 6) is 1.77. The molecule has 1 N–H and O–H groups in total. The average molecular weight is 337 g/mol. The van der Waals surface area contributed by atoms with Crippen molar-refractivity contribution in [2.45, 2.75) is 33.0 Å². The maximum Gasteiger partial charge on any atom is 0.137 e. The molecule has 0 aliphatic carbocycles. The van der Waals surface area contributed by atoms with E-state index in [1.807, 2.05) is 29.1 Å². The van der Waals surface area contributed by atoms with Gasteiger partial charge >= 0.3 is 0 Å². The summed E-state index contributed by atoms with van der Waals surface area (Å²) in [7, 11) is 1.69. The summed E-state index contributed by atoms with van der Waals surface area (Å²) >= 11 is 0. The van der Waals surface area contributed by atoms with Gasteiger partial charge in [0, 0.05) is 49.9 Å². The van der Waals surface area contributed by atoms with Gasteiger partial charge in [0.2, 0.25) is 0 Å². The van der Waals surface area contributed by atoms with Crippen LogP contribution in [0.3, 0.4) is 0 Å². The molecule has 4 rings (SSSR count). The second-order valence-corrected chi connectivity index (χ2v) is 6.41. The number of fused-ring (bicyclic) bond motifs is 1. The highest BCUT2D eigenvalue weighted by molar-refractivity contribution is 5.58. The number of aryl methyl sites for hydroxylation is 1. The Morgan fingerprint density at radius 3 is 3.04 bits per heavy atom. The summed E-state index contributed by atoms with van der Waals surface area (Å²) in [6.07, 6.45) is 5.06. The molecule has 6 heteroatoms. The molecular formula is C19H23N5O. The first-order valence-corrected chi connectivity index (χ1v) is 8.71. The van der Waals surface area contributed by atoms with Gasteiger partial charge in [-0.15, -0.1) is 0 Å². The molecular weight excluding hydrogens is 314 g/mol. The fourth-order valence-corrected chi connectivity index (χ4v) is 3.31. The largest absolute Gasteiger partial charge is 0.497 e. The van der Waals surface area contributed by atoms with Crippen molar-refractivity contribution in [1.82, 2.24) is 24.6 Å². The van der Waals surface area contributed by atoms with Crippen molar-refractivity contribution in [3.8, 4) is 17.1 Å². The zero-order valence-electron chi connectivity index (χ0n) is 14.7. The van der Waals surface area contributed by atoms with Gasteiger partial charge in [0.1, 0.15) is 11.6 Å². The Morgan fingerprint density at radius 2 is 2.24 bits per heavy atom. The Balaban J connectivity index is 1.50. The Hall–Kier alpha value is -2.60. The van der Waals surface area contributed by atoms with Crippen LogP contribution in [0, 0.1) is 0 Å². The molecule has 0 radical (unpaired) electrons. The van der Waals surface area contributed by atoms with Crippen molar-refractivity contribution >= 4 is 0 Å². The van der Waals surface area contributed by atoms with Gasteiger partial charge in [-0.1, -0.05) is 12.1 Å². The highest BCUT2D eigenvalue weighted by Crippen LogP contribution is 2.25. The molecule has 1 aliphatic rings. The van der Waals surface area contributed by atoms with E-state index in [0.717, 1.165) is 49.7 Å². The van der Waals surface area contributed by atoms with Crippen LogP contribution < -0.4 is 4.74 Å². The van der Waals surface area contributed by atoms with Crippen molar-refractivity contribution in [3.05, 3.63) is 53.6 Å². The first kappa shape index (κ1) is 15.9. The molecule has 0 bridgehead atoms. The number of benzene rings is 1. The fraction of sp³-hybridized carbons (Fsp3) is 0.368. The minimum atomic E-state index is 0.849. The number of aromatic nitrogens is 4. The van der Waals surface area contributed by atoms with E-state index >= 15 is 0 Å². The van der Waals surface area contributed by atoms with Crippen LogP contribution in [0.5, 0.6) is 5.75 Å². The predicted molar refractivity (Wildman–Crippen MR) is 96.3 cm³/mol. The number of ether oxygens (including phenoxy) is 1. The zero-order valence-corrected chi connectivity index (χ0v) is 14.7. The first-order valence-electron chi connectivity index (χ1n) is 8.71. The Kier molecular flexibility index (Phi) is 4.28. The molecule has 1 aliphatic heterocycles. The number of aromatic amines is 1. The van der Waals surface area contributed by atoms with E-state index in [4.69, 9.17) is 9.72 Å². The number of imidazole rings is 1. The molecule has 25 heavy (non-hydrogen) atoms. The van der Waals surface area contributed by atoms with Gasteiger partial charge in [0.25, 0.3) is 0 Å². The summed E-state index contributed by atoms with van der Waals surface area (Å²) in [6, 6.07) is 8.02. The highest BCUT2D eigenvalue weighted by atomic mass is 16.5. The Bertz CT molecular complexity index is 866. The number of nitrogens with one attached hydrogen (secondary N) is 1. The molecule has 3 heterocycles. The van der Waals surface area contributed by atoms with Gasteiger partial charge in [-0.3, -0.25) is 9.58 Å². The highest BCUT2D eigenvalue weighted by Gasteiger charge is 2.21. The Morgan fingerprint density at radius 1 is 1.32 bits per heavy atom. The number of hydrogen-bond acceptors (Lipinski definition) is 4. The Labute approximate surface area is 147 Å². The number of methoxy groups -OCH3 is 1. The van der Waals surface area contributed by atoms with E-state index in [2.05, 4.69) is 34.2 Å². The van der Waals surface area contributed by atoms with Crippen LogP contribution in [0.4, 0.5) is 0 Å². The van der Waals surface area contributed by atoms with Gasteiger partial charge in [0.05, 0.1) is 24.7 Å². The lowest BCUT2D eigenvalue weighted by molar-refractivity contribution is 0.241. The SMILES string of the molecule is CCn1cc(CN2CCc3nc(-c4cccc(OC)c4)[nH]c3C2)cn1. The van der Waals surface area contributed by atoms with Crippen LogP contribution in [0.1, 0.15) is 23.9 Å². The van der Waals surface area contributed by atoms with Crippen molar-refractivity contribution in [1.29, 1.82) is 0 Å². The number of H-pyrrole nitrogens is 1. The molecule has 0 saturated heterocycles. The molecule has 0 atom stereocenters. The predicted octanol–water partition coefficient (Wildman–Crippen LogP) is 2.86. The van der Waals surface area contributed by atoms with E-state index in [-0.39, 0.29) is 0 Å². The minimum Gasteiger partial charge on any atom is -0.497 e. The third-order valence-corrected chi connectivity index (χ3v) is 4.67. The maximum atomic E-state index is 5.32. The van der Waals surface area contributed by atoms with E-state index < -0.39 is 0 Å². The number of nitrogens with zero attached hydrogens (tertiary/aromatic N) is 4. The van der Waals surface area contributed by atoms with E-state index in [9.17, 15) is 0 Å². The lowest BCUT2D eigenvalue weighted by Crippen LogP contribution is -2.30. The van der Waals surface area contributed by atoms with E-state index in [1.54, 1.807) is 7.11 Å². The lowest BCUT2D eigenvalue weighted by Gasteiger charge is -2.25. The summed E-state index contributed by atoms with van der Waals surface area (Å²) in [5.41, 5.74) is 4.72. The molecule has 2 aromatic heterocycles. The molecule has 130 valence electrons. The maximum absolute atomic E-state index is 5.32. The van der Waals surface area contributed by atoms with Gasteiger partial charge in [-0.05, 0) is 19.1 Å². The number of hydrogen-bond donors (Lipinski definition) is 1. The topological polar surface area (TPSA) is 59.0 Å². The standard InChI is InChI=1S/C19H23N5O/c1-3-24-12-14(10-20-24)11-23-8-7-17-18(13-23)22-19(21-17)15-5-4-6-16(9-15)25-2/h4-6,9-10,12H,3,7-8,11,13H2,1-2H3,(H,21,22). The van der Waals surface area contributed by atoms with Crippen LogP contribution in [-0.2, 0) is 26.1 Å². The van der Waals surface area contributed by atoms with Crippen molar-refractivity contribution in [2.75, 3.05) is 13.7 Å². The molecule has 0 saturated carbocycles. The summed E-state index contributed by atoms with van der Waals surface area (Å²) in [6.45, 7) is 5.85. The third kappa shape index (κ3) is 3.30. The first-order chi connectivity index (χ1) is 12.2. The van der Waals surface area contributed by atoms with Crippen molar-refractivity contribution in [2.24, 2.45) is 0 Å². The van der Waals surface area contributed by atoms with Crippen LogP contribution >= 0.6 is 0 Å². The zero-order chi connectivity index (χ0) is 17.2. The molecule has 0 fully saturated rings. The van der Waals surface area contributed by atoms with Crippen molar-refractivity contribution < 1.29 is 4.74 Å². The molecule has 6 nitrogen and oxygen atoms in total. The molecule has 0 amide bonds. The molecule has 0 spiro atoms. The van der Waals surface area contributed by atoms with Crippen molar-refractivity contribution in [3.63, 3.8) is 0 Å². The molecule has 3 aromatic rings. The van der Waals surface area contributed by atoms with Crippen LogP contribution in [0.15, 0.2) is 36.7 Å². The molecule has 0 unspecified atom stereocenters. The van der Waals surface area contributed by atoms with Gasteiger partial charge < -0.3 is 9.72 Å². The second-order valence-electron chi connectivity index (χ2n) is 6.41. The second kappa shape index (κ2) is 6.72. The quantitative estimate of drug-likeness (QED) is 0.778. The minimum absolute atomic E-state index is 0.849. The fourth-order valence-electron chi connectivity index (χ4n) is 3.31. The van der Waals surface area contributed by atoms with Crippen LogP contribution in [0.2, 0.25) is 0 Å². The summed E-state index contributed by atoms with van der Waals surface area (Å²) in [5, 5.41) is 4.36. The normalized spacial score (nSPS) is 14.5. The van der Waals surface area contributed by atoms with E-state index in [0.29, 0.717) is 0 Å². The lowest BCUT2D eigenvalue weighted by atomic mass is 10.1. The van der Waals surface area contributed by atoms with E-state index in [1.165, 1.54) is 17.0 Å². The van der Waals surface area contributed by atoms with Gasteiger partial charge in [-0.2, -0.15) is 5.10 Å². The third-order valence-electron chi connectivity index (χ3n) is 4.67. The average Bonchev–Trinajstić information content (AvgIpc) is 3.28. The number of rotatable bonds is 5. The summed E-state index contributed by atoms with van der Waals surface area (Å²) in [4.78, 5) is 10.7. The molecule has 1 aromatic carbocycles. The van der Waals surface area contributed by atoms with Crippen LogP contribution in [-0.4, -0.2) is 38.3 Å².